The fourth-order valence-electron chi connectivity index (χ4n) is 4.32. The molecular weight excluding hydrogens is 458 g/mol. The molecule has 8 nitrogen and oxygen atoms in total. The first-order valence-electron chi connectivity index (χ1n) is 11.4. The quantitative estimate of drug-likeness (QED) is 0.297. The third-order valence-electron chi connectivity index (χ3n) is 6.27. The Morgan fingerprint density at radius 3 is 2.86 bits per heavy atom. The number of nitrogens with one attached hydrogen (secondary N) is 3. The topological polar surface area (TPSA) is 112 Å². The van der Waals surface area contributed by atoms with Crippen molar-refractivity contribution in [3.63, 3.8) is 0 Å². The number of aromatic nitrogens is 6. The highest BCUT2D eigenvalue weighted by atomic mass is 32.1. The molecule has 1 saturated carbocycles. The maximum Gasteiger partial charge on any atom is 0.227 e. The molecule has 3 N–H and O–H groups in total. The highest BCUT2D eigenvalue weighted by Gasteiger charge is 2.29. The number of carbonyl (C=O) groups is 1. The van der Waals surface area contributed by atoms with Gasteiger partial charge in [-0.15, -0.1) is 11.3 Å². The Labute approximate surface area is 203 Å². The molecule has 0 aromatic carbocycles. The van der Waals surface area contributed by atoms with Crippen LogP contribution in [0, 0.1) is 5.92 Å². The standard InChI is InChI=1S/C26H19N7OS/c34-26(14-3-4-14)30-16-8-15(11-27-12-16)20-10-19-22(13-29-20)32-33-24(19)21-9-18-17(23-2-1-7-35-23)5-6-28-25(18)31-21/h1-2,5-14H,3-4H2,(H,28,31)(H,30,34)(H,32,33). The molecular formula is C26H19N7OS. The summed E-state index contributed by atoms with van der Waals surface area (Å²) in [7, 11) is 0. The molecule has 0 aliphatic heterocycles. The molecule has 35 heavy (non-hydrogen) atoms. The monoisotopic (exact) mass is 477 g/mol. The second-order valence-electron chi connectivity index (χ2n) is 8.69. The molecule has 0 spiro atoms. The largest absolute Gasteiger partial charge is 0.338 e. The van der Waals surface area contributed by atoms with Crippen molar-refractivity contribution in [1.82, 2.24) is 30.1 Å². The van der Waals surface area contributed by atoms with Crippen LogP contribution in [0.25, 0.3) is 55.0 Å². The van der Waals surface area contributed by atoms with Crippen LogP contribution in [0.15, 0.2) is 66.6 Å². The molecule has 0 bridgehead atoms. The first-order chi connectivity index (χ1) is 17.2. The van der Waals surface area contributed by atoms with Gasteiger partial charge in [-0.1, -0.05) is 6.07 Å². The number of nitrogens with zero attached hydrogens (tertiary/aromatic N) is 4. The molecule has 0 atom stereocenters. The lowest BCUT2D eigenvalue weighted by Gasteiger charge is -2.06. The molecule has 6 aromatic heterocycles. The lowest BCUT2D eigenvalue weighted by molar-refractivity contribution is -0.117. The number of carbonyl (C=O) groups excluding carboxylic acids is 1. The summed E-state index contributed by atoms with van der Waals surface area (Å²) in [6.07, 6.45) is 8.92. The minimum absolute atomic E-state index is 0.0545. The smallest absolute Gasteiger partial charge is 0.227 e. The van der Waals surface area contributed by atoms with Crippen molar-refractivity contribution in [2.45, 2.75) is 12.8 Å². The summed E-state index contributed by atoms with van der Waals surface area (Å²) in [6.45, 7) is 0. The Bertz CT molecular complexity index is 1710. The average molecular weight is 478 g/mol. The number of H-pyrrole nitrogens is 2. The van der Waals surface area contributed by atoms with Crippen LogP contribution in [-0.2, 0) is 4.79 Å². The number of rotatable bonds is 5. The number of thiophene rings is 1. The van der Waals surface area contributed by atoms with Crippen LogP contribution in [0.2, 0.25) is 0 Å². The normalized spacial score (nSPS) is 13.5. The maximum absolute atomic E-state index is 12.2. The van der Waals surface area contributed by atoms with Gasteiger partial charge in [0.2, 0.25) is 5.91 Å². The van der Waals surface area contributed by atoms with Gasteiger partial charge in [-0.05, 0) is 48.6 Å². The molecule has 0 saturated heterocycles. The zero-order chi connectivity index (χ0) is 23.4. The summed E-state index contributed by atoms with van der Waals surface area (Å²) in [4.78, 5) is 30.2. The van der Waals surface area contributed by atoms with E-state index in [1.165, 1.54) is 4.88 Å². The summed E-state index contributed by atoms with van der Waals surface area (Å²) in [6, 6.07) is 12.2. The van der Waals surface area contributed by atoms with Crippen LogP contribution >= 0.6 is 11.3 Å². The maximum atomic E-state index is 12.2. The van der Waals surface area contributed by atoms with Crippen molar-refractivity contribution >= 4 is 44.9 Å². The minimum Gasteiger partial charge on any atom is -0.338 e. The molecule has 0 unspecified atom stereocenters. The highest BCUT2D eigenvalue weighted by molar-refractivity contribution is 7.13. The first-order valence-corrected chi connectivity index (χ1v) is 12.2. The van der Waals surface area contributed by atoms with Gasteiger partial charge in [-0.2, -0.15) is 5.10 Å². The fourth-order valence-corrected chi connectivity index (χ4v) is 5.09. The van der Waals surface area contributed by atoms with Gasteiger partial charge in [0.15, 0.2) is 0 Å². The summed E-state index contributed by atoms with van der Waals surface area (Å²) >= 11 is 1.71. The van der Waals surface area contributed by atoms with E-state index in [0.717, 1.165) is 63.0 Å². The minimum atomic E-state index is 0.0545. The van der Waals surface area contributed by atoms with Crippen LogP contribution in [0.5, 0.6) is 0 Å². The number of hydrogen-bond acceptors (Lipinski definition) is 6. The van der Waals surface area contributed by atoms with Gasteiger partial charge in [0, 0.05) is 45.1 Å². The van der Waals surface area contributed by atoms with E-state index >= 15 is 0 Å². The van der Waals surface area contributed by atoms with Gasteiger partial charge < -0.3 is 10.3 Å². The molecule has 0 radical (unpaired) electrons. The fraction of sp³-hybridized carbons (Fsp3) is 0.115. The van der Waals surface area contributed by atoms with Crippen molar-refractivity contribution in [3.8, 4) is 33.1 Å². The first kappa shape index (κ1) is 20.0. The molecule has 1 aliphatic carbocycles. The summed E-state index contributed by atoms with van der Waals surface area (Å²) < 4.78 is 0. The van der Waals surface area contributed by atoms with Gasteiger partial charge in [0.25, 0.3) is 0 Å². The second-order valence-corrected chi connectivity index (χ2v) is 9.64. The number of pyridine rings is 3. The van der Waals surface area contributed by atoms with Crippen molar-refractivity contribution in [2.75, 3.05) is 5.32 Å². The van der Waals surface area contributed by atoms with Crippen LogP contribution < -0.4 is 5.32 Å². The van der Waals surface area contributed by atoms with Gasteiger partial charge in [0.05, 0.1) is 35.0 Å². The predicted molar refractivity (Wildman–Crippen MR) is 137 cm³/mol. The van der Waals surface area contributed by atoms with Gasteiger partial charge in [-0.25, -0.2) is 4.98 Å². The van der Waals surface area contributed by atoms with Crippen molar-refractivity contribution in [2.24, 2.45) is 5.92 Å². The molecule has 9 heteroatoms. The number of amides is 1. The Hall–Kier alpha value is -4.37. The van der Waals surface area contributed by atoms with E-state index in [1.807, 2.05) is 24.4 Å². The molecule has 6 aromatic rings. The van der Waals surface area contributed by atoms with Crippen LogP contribution in [0.3, 0.4) is 0 Å². The van der Waals surface area contributed by atoms with Gasteiger partial charge in [0.1, 0.15) is 11.3 Å². The average Bonchev–Trinajstić information content (AvgIpc) is 3.26. The lowest BCUT2D eigenvalue weighted by atomic mass is 10.1. The second kappa shape index (κ2) is 7.85. The summed E-state index contributed by atoms with van der Waals surface area (Å²) in [5, 5.41) is 14.7. The van der Waals surface area contributed by atoms with E-state index in [4.69, 9.17) is 0 Å². The Balaban J connectivity index is 1.29. The van der Waals surface area contributed by atoms with Gasteiger partial charge in [-0.3, -0.25) is 19.9 Å². The lowest BCUT2D eigenvalue weighted by Crippen LogP contribution is -2.13. The van der Waals surface area contributed by atoms with Crippen LogP contribution in [0.1, 0.15) is 12.8 Å². The molecule has 1 aliphatic rings. The van der Waals surface area contributed by atoms with E-state index < -0.39 is 0 Å². The third kappa shape index (κ3) is 3.57. The SMILES string of the molecule is O=C(Nc1cncc(-c2cc3c(-c4cc5c(-c6cccs6)ccnc5[nH]4)n[nH]c3cn2)c1)C1CC1. The third-order valence-corrected chi connectivity index (χ3v) is 7.17. The van der Waals surface area contributed by atoms with E-state index in [0.29, 0.717) is 5.69 Å². The summed E-state index contributed by atoms with van der Waals surface area (Å²) in [5.41, 5.74) is 6.73. The summed E-state index contributed by atoms with van der Waals surface area (Å²) in [5.74, 6) is 0.187. The molecule has 170 valence electrons. The van der Waals surface area contributed by atoms with E-state index in [-0.39, 0.29) is 11.8 Å². The van der Waals surface area contributed by atoms with Crippen molar-refractivity contribution < 1.29 is 4.79 Å². The Morgan fingerprint density at radius 1 is 1.06 bits per heavy atom. The molecule has 1 amide bonds. The molecule has 6 heterocycles. The van der Waals surface area contributed by atoms with Crippen molar-refractivity contribution in [3.05, 3.63) is 66.6 Å². The van der Waals surface area contributed by atoms with Gasteiger partial charge >= 0.3 is 0 Å². The van der Waals surface area contributed by atoms with E-state index in [2.05, 4.69) is 59.0 Å². The van der Waals surface area contributed by atoms with Crippen LogP contribution in [-0.4, -0.2) is 36.0 Å². The predicted octanol–water partition coefficient (Wildman–Crippen LogP) is 5.64. The highest BCUT2D eigenvalue weighted by Crippen LogP contribution is 2.35. The number of fused-ring (bicyclic) bond motifs is 2. The Morgan fingerprint density at radius 2 is 2.00 bits per heavy atom. The van der Waals surface area contributed by atoms with Crippen molar-refractivity contribution in [1.29, 1.82) is 0 Å². The zero-order valence-corrected chi connectivity index (χ0v) is 19.3. The number of anilines is 1. The Kier molecular flexibility index (Phi) is 4.49. The molecule has 7 rings (SSSR count). The van der Waals surface area contributed by atoms with E-state index in [1.54, 1.807) is 29.9 Å². The van der Waals surface area contributed by atoms with Crippen LogP contribution in [0.4, 0.5) is 5.69 Å². The number of hydrogen-bond donors (Lipinski definition) is 3. The van der Waals surface area contributed by atoms with E-state index in [9.17, 15) is 4.79 Å². The molecule has 1 fully saturated rings. The number of aromatic amines is 2. The zero-order valence-electron chi connectivity index (χ0n) is 18.4.